The van der Waals surface area contributed by atoms with Crippen molar-refractivity contribution in [2.45, 2.75) is 50.4 Å². The highest BCUT2D eigenvalue weighted by Crippen LogP contribution is 2.38. The van der Waals surface area contributed by atoms with Crippen LogP contribution in [0.4, 0.5) is 0 Å². The molecule has 0 aromatic rings. The molecular weight excluding hydrogens is 250 g/mol. The van der Waals surface area contributed by atoms with Crippen LogP contribution >= 0.6 is 11.8 Å². The highest BCUT2D eigenvalue weighted by molar-refractivity contribution is 7.98. The number of hydrogen-bond acceptors (Lipinski definition) is 4. The minimum Gasteiger partial charge on any atom is -0.353 e. The molecule has 18 heavy (non-hydrogen) atoms. The predicted octanol–water partition coefficient (Wildman–Crippen LogP) is 1.93. The van der Waals surface area contributed by atoms with Gasteiger partial charge in [0.15, 0.2) is 5.79 Å². The number of ether oxygens (including phenoxy) is 2. The van der Waals surface area contributed by atoms with Crippen LogP contribution in [0.1, 0.15) is 38.5 Å². The first-order chi connectivity index (χ1) is 8.74. The summed E-state index contributed by atoms with van der Waals surface area (Å²) >= 11 is 1.77. The summed E-state index contributed by atoms with van der Waals surface area (Å²) in [5.41, 5.74) is 0. The molecule has 104 valence electrons. The highest BCUT2D eigenvalue weighted by atomic mass is 32.2. The summed E-state index contributed by atoms with van der Waals surface area (Å²) in [7, 11) is 0. The van der Waals surface area contributed by atoms with Gasteiger partial charge in [-0.05, 0) is 31.3 Å². The summed E-state index contributed by atoms with van der Waals surface area (Å²) in [5.74, 6) is 0.855. The fourth-order valence-corrected chi connectivity index (χ4v) is 3.02. The lowest BCUT2D eigenvalue weighted by Gasteiger charge is -2.21. The van der Waals surface area contributed by atoms with Crippen LogP contribution < -0.4 is 5.32 Å². The third-order valence-electron chi connectivity index (χ3n) is 3.56. The molecule has 0 aromatic carbocycles. The Kier molecular flexibility index (Phi) is 5.33. The van der Waals surface area contributed by atoms with Gasteiger partial charge in [0.25, 0.3) is 0 Å². The van der Waals surface area contributed by atoms with Crippen LogP contribution in [-0.4, -0.2) is 43.0 Å². The van der Waals surface area contributed by atoms with Crippen molar-refractivity contribution in [1.29, 1.82) is 0 Å². The summed E-state index contributed by atoms with van der Waals surface area (Å²) < 4.78 is 11.7. The smallest absolute Gasteiger partial charge is 0.220 e. The van der Waals surface area contributed by atoms with Gasteiger partial charge in [-0.15, -0.1) is 0 Å². The SMILES string of the molecule is CSCCCC(=O)NC[C@@H]1COC2(CCCC2)O1. The molecule has 2 rings (SSSR count). The maximum absolute atomic E-state index is 11.6. The quantitative estimate of drug-likeness (QED) is 0.751. The molecule has 0 aromatic heterocycles. The second-order valence-electron chi connectivity index (χ2n) is 5.07. The van der Waals surface area contributed by atoms with Crippen molar-refractivity contribution in [3.63, 3.8) is 0 Å². The molecule has 2 aliphatic rings. The van der Waals surface area contributed by atoms with Gasteiger partial charge in [0.05, 0.1) is 6.61 Å². The molecule has 4 nitrogen and oxygen atoms in total. The van der Waals surface area contributed by atoms with Crippen molar-refractivity contribution in [1.82, 2.24) is 5.32 Å². The number of carbonyl (C=O) groups excluding carboxylic acids is 1. The van der Waals surface area contributed by atoms with Gasteiger partial charge >= 0.3 is 0 Å². The van der Waals surface area contributed by atoms with E-state index in [-0.39, 0.29) is 17.8 Å². The lowest BCUT2D eigenvalue weighted by Crippen LogP contribution is -2.35. The maximum atomic E-state index is 11.6. The molecule has 1 spiro atoms. The van der Waals surface area contributed by atoms with E-state index in [1.54, 1.807) is 11.8 Å². The molecular formula is C13H23NO3S. The zero-order chi connectivity index (χ0) is 12.8. The van der Waals surface area contributed by atoms with Crippen LogP contribution in [-0.2, 0) is 14.3 Å². The van der Waals surface area contributed by atoms with Gasteiger partial charge in [0.2, 0.25) is 5.91 Å². The van der Waals surface area contributed by atoms with Gasteiger partial charge in [0.1, 0.15) is 6.10 Å². The number of carbonyl (C=O) groups is 1. The predicted molar refractivity (Wildman–Crippen MR) is 72.6 cm³/mol. The summed E-state index contributed by atoms with van der Waals surface area (Å²) in [6.07, 6.45) is 8.03. The van der Waals surface area contributed by atoms with E-state index < -0.39 is 0 Å². The standard InChI is InChI=1S/C13H23NO3S/c1-18-8-4-5-12(15)14-9-11-10-16-13(17-11)6-2-3-7-13/h11H,2-10H2,1H3,(H,14,15)/t11-/m1/s1. The number of amides is 1. The van der Waals surface area contributed by atoms with Crippen LogP contribution in [0.25, 0.3) is 0 Å². The molecule has 0 bridgehead atoms. The minimum atomic E-state index is -0.311. The lowest BCUT2D eigenvalue weighted by molar-refractivity contribution is -0.161. The molecule has 1 amide bonds. The van der Waals surface area contributed by atoms with Crippen molar-refractivity contribution in [3.8, 4) is 0 Å². The molecule has 1 saturated heterocycles. The second-order valence-corrected chi connectivity index (χ2v) is 6.05. The molecule has 0 unspecified atom stereocenters. The Hall–Kier alpha value is -0.260. The molecule has 5 heteroatoms. The Morgan fingerprint density at radius 1 is 1.44 bits per heavy atom. The first kappa shape index (κ1) is 14.2. The van der Waals surface area contributed by atoms with E-state index in [9.17, 15) is 4.79 Å². The van der Waals surface area contributed by atoms with Crippen LogP contribution in [0.5, 0.6) is 0 Å². The van der Waals surface area contributed by atoms with Crippen molar-refractivity contribution in [2.24, 2.45) is 0 Å². The minimum absolute atomic E-state index is 0.0348. The molecule has 1 N–H and O–H groups in total. The highest BCUT2D eigenvalue weighted by Gasteiger charge is 2.43. The number of rotatable bonds is 6. The van der Waals surface area contributed by atoms with E-state index in [1.807, 2.05) is 0 Å². The van der Waals surface area contributed by atoms with Gasteiger partial charge in [-0.1, -0.05) is 0 Å². The van der Waals surface area contributed by atoms with E-state index in [4.69, 9.17) is 9.47 Å². The molecule has 1 aliphatic heterocycles. The summed E-state index contributed by atoms with van der Waals surface area (Å²) in [4.78, 5) is 11.6. The average molecular weight is 273 g/mol. The molecule has 0 radical (unpaired) electrons. The summed E-state index contributed by atoms with van der Waals surface area (Å²) in [6, 6.07) is 0. The molecule has 1 aliphatic carbocycles. The Bertz CT molecular complexity index is 279. The molecule has 1 heterocycles. The van der Waals surface area contributed by atoms with Crippen molar-refractivity contribution in [3.05, 3.63) is 0 Å². The van der Waals surface area contributed by atoms with Gasteiger partial charge < -0.3 is 14.8 Å². The topological polar surface area (TPSA) is 47.6 Å². The average Bonchev–Trinajstić information content (AvgIpc) is 2.98. The van der Waals surface area contributed by atoms with Gasteiger partial charge in [0, 0.05) is 25.8 Å². The zero-order valence-corrected chi connectivity index (χ0v) is 11.9. The van der Waals surface area contributed by atoms with Crippen LogP contribution in [0.2, 0.25) is 0 Å². The van der Waals surface area contributed by atoms with E-state index in [2.05, 4.69) is 11.6 Å². The second kappa shape index (κ2) is 6.78. The third-order valence-corrected chi connectivity index (χ3v) is 4.26. The first-order valence-electron chi connectivity index (χ1n) is 6.81. The van der Waals surface area contributed by atoms with Crippen molar-refractivity contribution in [2.75, 3.05) is 25.2 Å². The van der Waals surface area contributed by atoms with Gasteiger partial charge in [-0.3, -0.25) is 4.79 Å². The summed E-state index contributed by atoms with van der Waals surface area (Å²) in [6.45, 7) is 1.20. The fraction of sp³-hybridized carbons (Fsp3) is 0.923. The lowest BCUT2D eigenvalue weighted by atomic mass is 10.2. The summed E-state index contributed by atoms with van der Waals surface area (Å²) in [5, 5.41) is 2.94. The molecule has 2 fully saturated rings. The van der Waals surface area contributed by atoms with Crippen LogP contribution in [0, 0.1) is 0 Å². The Morgan fingerprint density at radius 3 is 2.94 bits per heavy atom. The Morgan fingerprint density at radius 2 is 2.22 bits per heavy atom. The Labute approximate surface area is 113 Å². The first-order valence-corrected chi connectivity index (χ1v) is 8.21. The zero-order valence-electron chi connectivity index (χ0n) is 11.1. The number of hydrogen-bond donors (Lipinski definition) is 1. The number of nitrogens with one attached hydrogen (secondary N) is 1. The van der Waals surface area contributed by atoms with Crippen LogP contribution in [0.3, 0.4) is 0 Å². The maximum Gasteiger partial charge on any atom is 0.220 e. The van der Waals surface area contributed by atoms with Crippen LogP contribution in [0.15, 0.2) is 0 Å². The largest absolute Gasteiger partial charge is 0.353 e. The van der Waals surface area contributed by atoms with E-state index in [1.165, 1.54) is 12.8 Å². The molecule has 1 atom stereocenters. The molecule has 1 saturated carbocycles. The van der Waals surface area contributed by atoms with Gasteiger partial charge in [-0.2, -0.15) is 11.8 Å². The van der Waals surface area contributed by atoms with Crippen molar-refractivity contribution >= 4 is 17.7 Å². The van der Waals surface area contributed by atoms with E-state index in [0.29, 0.717) is 19.6 Å². The third kappa shape index (κ3) is 3.87. The van der Waals surface area contributed by atoms with Gasteiger partial charge in [-0.25, -0.2) is 0 Å². The fourth-order valence-electron chi connectivity index (χ4n) is 2.59. The number of thioether (sulfide) groups is 1. The van der Waals surface area contributed by atoms with E-state index in [0.717, 1.165) is 25.0 Å². The van der Waals surface area contributed by atoms with Crippen molar-refractivity contribution < 1.29 is 14.3 Å². The Balaban J connectivity index is 1.61. The van der Waals surface area contributed by atoms with E-state index >= 15 is 0 Å². The normalized spacial score (nSPS) is 25.7. The monoisotopic (exact) mass is 273 g/mol.